The van der Waals surface area contributed by atoms with E-state index in [0.29, 0.717) is 11.5 Å². The molecule has 0 saturated carbocycles. The van der Waals surface area contributed by atoms with Crippen LogP contribution < -0.4 is 14.4 Å². The second-order valence-corrected chi connectivity index (χ2v) is 12.3. The smallest absolute Gasteiger partial charge is 0.503 e. The van der Waals surface area contributed by atoms with E-state index in [1.54, 1.807) is 0 Å². The first-order chi connectivity index (χ1) is 23.6. The summed E-state index contributed by atoms with van der Waals surface area (Å²) in [6.45, 7) is 4.20. The Bertz CT molecular complexity index is 2560. The third-order valence-electron chi connectivity index (χ3n) is 9.56. The maximum atomic E-state index is 6.53. The molecule has 0 N–H and O–H groups in total. The number of pyridine rings is 1. The maximum Gasteiger partial charge on any atom is 2.00 e. The second-order valence-electron chi connectivity index (χ2n) is 12.3. The number of aryl methyl sites for hydroxylation is 2. The summed E-state index contributed by atoms with van der Waals surface area (Å²) in [6, 6.07) is 44.9. The summed E-state index contributed by atoms with van der Waals surface area (Å²) >= 11 is 0. The molecule has 0 spiro atoms. The zero-order chi connectivity index (χ0) is 31.9. The molecular weight excluding hydrogens is 786 g/mol. The van der Waals surface area contributed by atoms with E-state index in [9.17, 15) is 0 Å². The molecule has 2 aliphatic rings. The quantitative estimate of drug-likeness (QED) is 0.131. The first-order valence-electron chi connectivity index (χ1n) is 16.0. The number of benzene rings is 5. The topological polar surface area (TPSA) is 51.4 Å². The first kappa shape index (κ1) is 29.5. The first-order valence-corrected chi connectivity index (χ1v) is 16.0. The molecule has 0 fully saturated rings. The summed E-state index contributed by atoms with van der Waals surface area (Å²) < 4.78 is 10.9. The largest absolute Gasteiger partial charge is 2.00 e. The van der Waals surface area contributed by atoms with Crippen LogP contribution in [0.2, 0.25) is 0 Å². The second kappa shape index (κ2) is 11.2. The Morgan fingerprint density at radius 3 is 2.24 bits per heavy atom. The Morgan fingerprint density at radius 1 is 0.673 bits per heavy atom. The van der Waals surface area contributed by atoms with Crippen LogP contribution in [0.5, 0.6) is 11.5 Å². The molecule has 49 heavy (non-hydrogen) atoms. The molecule has 3 aromatic heterocycles. The number of aromatic nitrogens is 4. The minimum absolute atomic E-state index is 0. The Kier molecular flexibility index (Phi) is 6.78. The van der Waals surface area contributed by atoms with Gasteiger partial charge < -0.3 is 23.4 Å². The van der Waals surface area contributed by atoms with Crippen LogP contribution in [0, 0.1) is 26.0 Å². The fourth-order valence-corrected chi connectivity index (χ4v) is 7.21. The van der Waals surface area contributed by atoms with Crippen molar-refractivity contribution in [2.24, 2.45) is 0 Å². The average Bonchev–Trinajstić information content (AvgIpc) is 3.83. The van der Waals surface area contributed by atoms with Gasteiger partial charge in [0.15, 0.2) is 0 Å². The number of anilines is 4. The van der Waals surface area contributed by atoms with Gasteiger partial charge in [-0.2, -0.15) is 6.07 Å². The standard InChI is InChI=1S/C40H27BN6O.Pt/c1-26-22-39(43-25-27(26)2)45-34-13-7-6-12-31(34)32-18-16-30(24-38(32)45)48-29-17-19-35-33(23-29)40-42-20-21-44(40)41-46(28-10-4-3-5-11-28)36-14-8-9-15-37(36)47(35)41;/h3-22,25H,1-2H3;/q-2;+2. The van der Waals surface area contributed by atoms with Crippen LogP contribution in [0.25, 0.3) is 39.0 Å². The van der Waals surface area contributed by atoms with Crippen molar-refractivity contribution < 1.29 is 25.8 Å². The van der Waals surface area contributed by atoms with Crippen LogP contribution in [0.3, 0.4) is 0 Å². The van der Waals surface area contributed by atoms with Crippen LogP contribution in [0.1, 0.15) is 11.1 Å². The number of hydrogen-bond donors (Lipinski definition) is 0. The SMILES string of the molecule is Cc1cnc(-n2c3[c-]c(Oc4[c-]c5c(cc4)N4B(N(c6ccccc6)c6ccccc64)n4ccnc4-5)ccc3c3ccccc32)cc1C.[Pt+2]. The van der Waals surface area contributed by atoms with Crippen molar-refractivity contribution in [3.05, 3.63) is 151 Å². The van der Waals surface area contributed by atoms with E-state index >= 15 is 0 Å². The average molecular weight is 814 g/mol. The predicted octanol–water partition coefficient (Wildman–Crippen LogP) is 9.19. The molecule has 0 amide bonds. The predicted molar refractivity (Wildman–Crippen MR) is 192 cm³/mol. The van der Waals surface area contributed by atoms with Gasteiger partial charge in [-0.25, -0.2) is 4.98 Å². The number of hydrogen-bond acceptors (Lipinski definition) is 5. The van der Waals surface area contributed by atoms with Crippen molar-refractivity contribution in [3.8, 4) is 28.7 Å². The van der Waals surface area contributed by atoms with Crippen LogP contribution in [-0.4, -0.2) is 26.1 Å². The molecule has 8 aromatic rings. The molecule has 0 bridgehead atoms. The van der Waals surface area contributed by atoms with Crippen molar-refractivity contribution in [2.75, 3.05) is 9.62 Å². The van der Waals surface area contributed by atoms with Gasteiger partial charge in [-0.15, -0.1) is 23.6 Å². The molecule has 0 radical (unpaired) electrons. The summed E-state index contributed by atoms with van der Waals surface area (Å²) in [5.74, 6) is 2.89. The third-order valence-corrected chi connectivity index (χ3v) is 9.56. The zero-order valence-corrected chi connectivity index (χ0v) is 28.9. The maximum absolute atomic E-state index is 6.53. The van der Waals surface area contributed by atoms with Crippen molar-refractivity contribution in [3.63, 3.8) is 0 Å². The molecular formula is C40H27BN6OPt. The Balaban J connectivity index is 0.00000325. The van der Waals surface area contributed by atoms with Gasteiger partial charge >= 0.3 is 28.2 Å². The van der Waals surface area contributed by atoms with E-state index in [1.807, 2.05) is 36.8 Å². The van der Waals surface area contributed by atoms with Gasteiger partial charge in [0.2, 0.25) is 0 Å². The van der Waals surface area contributed by atoms with Crippen molar-refractivity contribution in [1.82, 2.24) is 19.0 Å². The third kappa shape index (κ3) is 4.40. The Labute approximate surface area is 298 Å². The van der Waals surface area contributed by atoms with E-state index < -0.39 is 0 Å². The summed E-state index contributed by atoms with van der Waals surface area (Å²) in [7, 11) is -0.147. The number of para-hydroxylation sites is 4. The van der Waals surface area contributed by atoms with E-state index in [0.717, 1.165) is 67.3 Å². The van der Waals surface area contributed by atoms with E-state index in [-0.39, 0.29) is 28.2 Å². The summed E-state index contributed by atoms with van der Waals surface area (Å²) in [5, 5.41) is 2.24. The fraction of sp³-hybridized carbons (Fsp3) is 0.0500. The van der Waals surface area contributed by atoms with E-state index in [4.69, 9.17) is 14.7 Å². The number of rotatable bonds is 4. The fourth-order valence-electron chi connectivity index (χ4n) is 7.21. The minimum atomic E-state index is -0.147. The van der Waals surface area contributed by atoms with Gasteiger partial charge in [0.05, 0.1) is 5.69 Å². The summed E-state index contributed by atoms with van der Waals surface area (Å²) in [6.07, 6.45) is 5.83. The van der Waals surface area contributed by atoms with E-state index in [1.165, 1.54) is 5.56 Å². The van der Waals surface area contributed by atoms with Crippen LogP contribution in [0.15, 0.2) is 128 Å². The Hall–Kier alpha value is -5.59. The molecule has 7 nitrogen and oxygen atoms in total. The summed E-state index contributed by atoms with van der Waals surface area (Å²) in [5.41, 5.74) is 9.62. The van der Waals surface area contributed by atoms with Crippen molar-refractivity contribution >= 4 is 51.7 Å². The van der Waals surface area contributed by atoms with Crippen LogP contribution in [-0.2, 0) is 21.1 Å². The van der Waals surface area contributed by atoms with Gasteiger partial charge in [0, 0.05) is 52.8 Å². The van der Waals surface area contributed by atoms with Crippen molar-refractivity contribution in [1.29, 1.82) is 0 Å². The van der Waals surface area contributed by atoms with E-state index in [2.05, 4.69) is 136 Å². The van der Waals surface area contributed by atoms with Gasteiger partial charge in [-0.05, 0) is 72.4 Å². The molecule has 0 unspecified atom stereocenters. The Morgan fingerprint density at radius 2 is 1.41 bits per heavy atom. The van der Waals surface area contributed by atoms with Gasteiger partial charge in [0.25, 0.3) is 0 Å². The summed E-state index contributed by atoms with van der Waals surface area (Å²) in [4.78, 5) is 14.4. The van der Waals surface area contributed by atoms with Crippen LogP contribution >= 0.6 is 0 Å². The molecule has 236 valence electrons. The number of imidazole rings is 1. The monoisotopic (exact) mass is 813 g/mol. The van der Waals surface area contributed by atoms with Gasteiger partial charge in [-0.3, -0.25) is 4.98 Å². The van der Waals surface area contributed by atoms with Gasteiger partial charge in [0.1, 0.15) is 5.82 Å². The molecule has 5 heterocycles. The molecule has 0 atom stereocenters. The van der Waals surface area contributed by atoms with Crippen LogP contribution in [0.4, 0.5) is 22.7 Å². The minimum Gasteiger partial charge on any atom is -0.503 e. The number of ether oxygens (including phenoxy) is 1. The number of nitrogens with zero attached hydrogens (tertiary/aromatic N) is 6. The molecule has 0 saturated heterocycles. The molecule has 5 aromatic carbocycles. The molecule has 2 aliphatic heterocycles. The molecule has 0 aliphatic carbocycles. The van der Waals surface area contributed by atoms with Crippen molar-refractivity contribution in [2.45, 2.75) is 13.8 Å². The number of fused-ring (bicyclic) bond motifs is 11. The zero-order valence-electron chi connectivity index (χ0n) is 26.6. The molecule has 10 rings (SSSR count). The van der Waals surface area contributed by atoms with Gasteiger partial charge in [-0.1, -0.05) is 71.7 Å². The molecule has 9 heteroatoms. The normalized spacial score (nSPS) is 12.8.